The van der Waals surface area contributed by atoms with Crippen molar-refractivity contribution in [1.29, 1.82) is 0 Å². The van der Waals surface area contributed by atoms with E-state index < -0.39 is 54.8 Å². The Labute approximate surface area is 144 Å². The van der Waals surface area contributed by atoms with Crippen LogP contribution in [-0.2, 0) is 23.9 Å². The van der Waals surface area contributed by atoms with Crippen LogP contribution in [0.2, 0.25) is 0 Å². The minimum absolute atomic E-state index is 0.129. The van der Waals surface area contributed by atoms with E-state index in [0.29, 0.717) is 0 Å². The Bertz CT molecular complexity index is 461. The predicted molar refractivity (Wildman–Crippen MR) is 84.1 cm³/mol. The van der Waals surface area contributed by atoms with Crippen molar-refractivity contribution in [3.05, 3.63) is 0 Å². The monoisotopic (exact) mass is 366 g/mol. The Hall–Kier alpha value is -1.69. The van der Waals surface area contributed by atoms with Gasteiger partial charge in [-0.1, -0.05) is 0 Å². The van der Waals surface area contributed by atoms with Crippen LogP contribution in [-0.4, -0.2) is 82.1 Å². The molecule has 5 atom stereocenters. The third-order valence-corrected chi connectivity index (χ3v) is 3.25. The quantitative estimate of drug-likeness (QED) is 0.133. The highest BCUT2D eigenvalue weighted by Crippen LogP contribution is 2.11. The van der Waals surface area contributed by atoms with E-state index in [1.807, 2.05) is 0 Å². The van der Waals surface area contributed by atoms with E-state index >= 15 is 0 Å². The van der Waals surface area contributed by atoms with Crippen LogP contribution in [0.15, 0.2) is 0 Å². The Kier molecular flexibility index (Phi) is 10.2. The number of thiol groups is 1. The zero-order valence-electron chi connectivity index (χ0n) is 13.2. The molecule has 0 aliphatic rings. The highest BCUT2D eigenvalue weighted by atomic mass is 32.1. The van der Waals surface area contributed by atoms with Crippen molar-refractivity contribution in [2.45, 2.75) is 44.2 Å². The van der Waals surface area contributed by atoms with Crippen LogP contribution < -0.4 is 10.6 Å². The lowest BCUT2D eigenvalue weighted by atomic mass is 10.0. The molecule has 0 aromatic heterocycles. The second-order valence-corrected chi connectivity index (χ2v) is 5.31. The number of nitrogens with one attached hydrogen (secondary N) is 2. The number of carbonyl (C=O) groups excluding carboxylic acids is 4. The highest BCUT2D eigenvalue weighted by Gasteiger charge is 2.37. The van der Waals surface area contributed by atoms with Gasteiger partial charge in [-0.15, -0.1) is 0 Å². The summed E-state index contributed by atoms with van der Waals surface area (Å²) in [6.45, 7) is 1.39. The number of ether oxygens (including phenoxy) is 1. The summed E-state index contributed by atoms with van der Waals surface area (Å²) in [4.78, 5) is 45.4. The summed E-state index contributed by atoms with van der Waals surface area (Å²) in [6, 6.07) is -2.64. The number of hydrogen-bond acceptors (Lipinski definition) is 9. The zero-order chi connectivity index (χ0) is 18.9. The minimum Gasteiger partial charge on any atom is -0.455 e. The van der Waals surface area contributed by atoms with E-state index in [9.17, 15) is 29.4 Å². The molecular weight excluding hydrogens is 344 g/mol. The zero-order valence-corrected chi connectivity index (χ0v) is 14.1. The molecule has 0 fully saturated rings. The van der Waals surface area contributed by atoms with Gasteiger partial charge in [0, 0.05) is 19.6 Å². The van der Waals surface area contributed by atoms with Gasteiger partial charge in [0.05, 0.1) is 6.61 Å². The van der Waals surface area contributed by atoms with Crippen molar-refractivity contribution in [2.24, 2.45) is 0 Å². The maximum atomic E-state index is 12.1. The summed E-state index contributed by atoms with van der Waals surface area (Å²) in [5, 5.41) is 32.8. The lowest BCUT2D eigenvalue weighted by molar-refractivity contribution is -0.168. The number of aliphatic hydroxyl groups excluding tert-OH is 3. The molecule has 0 spiro atoms. The van der Waals surface area contributed by atoms with Gasteiger partial charge in [0.2, 0.25) is 11.8 Å². The maximum Gasteiger partial charge on any atom is 0.329 e. The highest BCUT2D eigenvalue weighted by molar-refractivity contribution is 7.80. The second kappa shape index (κ2) is 11.0. The van der Waals surface area contributed by atoms with Crippen LogP contribution in [0.3, 0.4) is 0 Å². The molecule has 0 aromatic carbocycles. The molecule has 0 unspecified atom stereocenters. The Balaban J connectivity index is 5.37. The molecule has 0 aromatic rings. The van der Waals surface area contributed by atoms with Crippen LogP contribution in [0.1, 0.15) is 13.8 Å². The van der Waals surface area contributed by atoms with Crippen molar-refractivity contribution in [2.75, 3.05) is 12.4 Å². The maximum absolute atomic E-state index is 12.1. The van der Waals surface area contributed by atoms with Gasteiger partial charge in [-0.05, 0) is 0 Å². The van der Waals surface area contributed by atoms with Gasteiger partial charge in [0.15, 0.2) is 6.10 Å². The second-order valence-electron chi connectivity index (χ2n) is 4.94. The fourth-order valence-corrected chi connectivity index (χ4v) is 1.99. The largest absolute Gasteiger partial charge is 0.455 e. The molecule has 0 heterocycles. The van der Waals surface area contributed by atoms with Gasteiger partial charge in [-0.2, -0.15) is 12.6 Å². The molecule has 0 bridgehead atoms. The number of aliphatic hydroxyl groups is 3. The number of hydrogen-bond donors (Lipinski definition) is 6. The van der Waals surface area contributed by atoms with Crippen LogP contribution in [0, 0.1) is 0 Å². The molecule has 5 N–H and O–H groups in total. The number of rotatable bonds is 10. The number of esters is 1. The first kappa shape index (κ1) is 22.3. The summed E-state index contributed by atoms with van der Waals surface area (Å²) in [7, 11) is 0. The first-order chi connectivity index (χ1) is 11.2. The lowest BCUT2D eigenvalue weighted by Gasteiger charge is -2.31. The van der Waals surface area contributed by atoms with Gasteiger partial charge in [-0.3, -0.25) is 9.59 Å². The number of amides is 2. The van der Waals surface area contributed by atoms with Gasteiger partial charge in [0.1, 0.15) is 30.6 Å². The van der Waals surface area contributed by atoms with Crippen LogP contribution in [0.4, 0.5) is 0 Å². The van der Waals surface area contributed by atoms with E-state index in [4.69, 9.17) is 9.84 Å². The van der Waals surface area contributed by atoms with Crippen LogP contribution in [0.5, 0.6) is 0 Å². The molecule has 0 radical (unpaired) electrons. The molecule has 138 valence electrons. The molecular formula is C13H22N2O8S. The molecule has 11 heteroatoms. The first-order valence-electron chi connectivity index (χ1n) is 6.95. The van der Waals surface area contributed by atoms with Gasteiger partial charge in [-0.25, -0.2) is 4.79 Å². The average molecular weight is 366 g/mol. The third kappa shape index (κ3) is 7.25. The third-order valence-electron chi connectivity index (χ3n) is 2.89. The number of aldehydes is 1. The minimum atomic E-state index is -1.86. The normalized spacial score (nSPS) is 16.9. The number of carbonyl (C=O) groups is 4. The van der Waals surface area contributed by atoms with Crippen molar-refractivity contribution < 1.29 is 39.2 Å². The van der Waals surface area contributed by atoms with Gasteiger partial charge >= 0.3 is 5.97 Å². The molecule has 0 aliphatic carbocycles. The van der Waals surface area contributed by atoms with Gasteiger partial charge in [0.25, 0.3) is 0 Å². The van der Waals surface area contributed by atoms with Crippen LogP contribution in [0.25, 0.3) is 0 Å². The molecule has 10 nitrogen and oxygen atoms in total. The van der Waals surface area contributed by atoms with E-state index in [1.165, 1.54) is 0 Å². The summed E-state index contributed by atoms with van der Waals surface area (Å²) < 4.78 is 4.97. The predicted octanol–water partition coefficient (Wildman–Crippen LogP) is -3.25. The summed E-state index contributed by atoms with van der Waals surface area (Å²) in [5.74, 6) is -2.35. The molecule has 0 saturated heterocycles. The van der Waals surface area contributed by atoms with E-state index in [2.05, 4.69) is 23.3 Å². The fraction of sp³-hybridized carbons (Fsp3) is 0.692. The summed E-state index contributed by atoms with van der Waals surface area (Å²) in [5.41, 5.74) is 0. The topological polar surface area (TPSA) is 162 Å². The van der Waals surface area contributed by atoms with E-state index in [0.717, 1.165) is 13.8 Å². The standard InChI is InChI=1S/C13H22N2O8S/c1-6(18)14-8(3-16)12(11(21)10(20)4-17)23-13(22)9(5-24)15-7(2)19/h3,8-12,17,20-21,24H,4-5H2,1-2H3,(H,14,18)(H,15,19)/t8-,9-,10+,11+,12+/m0/s1. The summed E-state index contributed by atoms with van der Waals surface area (Å²) in [6.07, 6.45) is -5.06. The Morgan fingerprint density at radius 3 is 2.08 bits per heavy atom. The van der Waals surface area contributed by atoms with E-state index in [1.54, 1.807) is 0 Å². The molecule has 0 rings (SSSR count). The summed E-state index contributed by atoms with van der Waals surface area (Å²) >= 11 is 3.89. The Morgan fingerprint density at radius 2 is 1.71 bits per heavy atom. The lowest BCUT2D eigenvalue weighted by Crippen LogP contribution is -2.56. The molecule has 24 heavy (non-hydrogen) atoms. The molecule has 0 aliphatic heterocycles. The van der Waals surface area contributed by atoms with Crippen molar-refractivity contribution >= 4 is 36.7 Å². The molecule has 0 saturated carbocycles. The van der Waals surface area contributed by atoms with Crippen molar-refractivity contribution in [1.82, 2.24) is 10.6 Å². The van der Waals surface area contributed by atoms with Crippen molar-refractivity contribution in [3.63, 3.8) is 0 Å². The van der Waals surface area contributed by atoms with Gasteiger partial charge < -0.3 is 35.5 Å². The molecule has 2 amide bonds. The Morgan fingerprint density at radius 1 is 1.17 bits per heavy atom. The van der Waals surface area contributed by atoms with Crippen LogP contribution >= 0.6 is 12.6 Å². The smallest absolute Gasteiger partial charge is 0.329 e. The van der Waals surface area contributed by atoms with Crippen molar-refractivity contribution in [3.8, 4) is 0 Å². The average Bonchev–Trinajstić information content (AvgIpc) is 2.53. The van der Waals surface area contributed by atoms with E-state index in [-0.39, 0.29) is 12.0 Å². The first-order valence-corrected chi connectivity index (χ1v) is 7.59. The fourth-order valence-electron chi connectivity index (χ4n) is 1.75. The SMILES string of the molecule is CC(=O)N[C@@H](CS)C(=O)O[C@@H]([C@H](O)[C@H](O)CO)[C@H](C=O)NC(C)=O.